The number of likely N-dealkylation sites (tertiary alicyclic amines) is 1. The summed E-state index contributed by atoms with van der Waals surface area (Å²) >= 11 is 5.62. The lowest BCUT2D eigenvalue weighted by molar-refractivity contribution is -0.132. The first-order valence-corrected chi connectivity index (χ1v) is 9.87. The average Bonchev–Trinajstić information content (AvgIpc) is 2.61. The van der Waals surface area contributed by atoms with Gasteiger partial charge in [0.15, 0.2) is 0 Å². The van der Waals surface area contributed by atoms with Gasteiger partial charge in [0, 0.05) is 37.9 Å². The lowest BCUT2D eigenvalue weighted by Crippen LogP contribution is -2.46. The molecule has 0 radical (unpaired) electrons. The van der Waals surface area contributed by atoms with Gasteiger partial charge < -0.3 is 15.0 Å². The van der Waals surface area contributed by atoms with Crippen LogP contribution >= 0.6 is 11.6 Å². The quantitative estimate of drug-likeness (QED) is 0.556. The Kier molecular flexibility index (Phi) is 8.23. The number of para-hydroxylation sites is 1. The summed E-state index contributed by atoms with van der Waals surface area (Å²) in [7, 11) is 0. The molecule has 0 unspecified atom stereocenters. The number of carbonyl (C=O) groups is 2. The maximum atomic E-state index is 12.1. The Balaban J connectivity index is 1.63. The predicted octanol–water partition coefficient (Wildman–Crippen LogP) is 3.20. The number of hydrogen-bond acceptors (Lipinski definition) is 3. The summed E-state index contributed by atoms with van der Waals surface area (Å²) in [6.45, 7) is 5.97. The van der Waals surface area contributed by atoms with Gasteiger partial charge in [0.1, 0.15) is 5.75 Å². The van der Waals surface area contributed by atoms with E-state index < -0.39 is 0 Å². The SMILES string of the molecule is Cc1cccc(C)c1OCCCC(=O)NC1CCN(C(=O)CCCl)CC1. The molecule has 26 heavy (non-hydrogen) atoms. The van der Waals surface area contributed by atoms with Gasteiger partial charge >= 0.3 is 0 Å². The van der Waals surface area contributed by atoms with E-state index in [1.807, 2.05) is 36.9 Å². The first-order valence-electron chi connectivity index (χ1n) is 9.33. The number of halogens is 1. The van der Waals surface area contributed by atoms with Crippen molar-refractivity contribution in [3.63, 3.8) is 0 Å². The molecule has 0 aliphatic carbocycles. The highest BCUT2D eigenvalue weighted by molar-refractivity contribution is 6.18. The number of amides is 2. The van der Waals surface area contributed by atoms with Crippen LogP contribution < -0.4 is 10.1 Å². The maximum Gasteiger partial charge on any atom is 0.223 e. The van der Waals surface area contributed by atoms with Gasteiger partial charge in [-0.05, 0) is 44.2 Å². The minimum atomic E-state index is 0.0561. The molecule has 1 aliphatic heterocycles. The molecule has 0 saturated carbocycles. The minimum absolute atomic E-state index is 0.0561. The third kappa shape index (κ3) is 6.20. The monoisotopic (exact) mass is 380 g/mol. The normalized spacial score (nSPS) is 15.0. The van der Waals surface area contributed by atoms with Crippen LogP contribution in [0.4, 0.5) is 0 Å². The van der Waals surface area contributed by atoms with E-state index in [1.54, 1.807) is 0 Å². The second-order valence-electron chi connectivity index (χ2n) is 6.83. The third-order valence-corrected chi connectivity index (χ3v) is 4.91. The summed E-state index contributed by atoms with van der Waals surface area (Å²) in [5, 5.41) is 3.07. The van der Waals surface area contributed by atoms with Crippen LogP contribution in [0.1, 0.15) is 43.2 Å². The van der Waals surface area contributed by atoms with Gasteiger partial charge in [-0.15, -0.1) is 11.6 Å². The molecule has 0 spiro atoms. The summed E-state index contributed by atoms with van der Waals surface area (Å²) < 4.78 is 5.84. The van der Waals surface area contributed by atoms with Crippen LogP contribution in [-0.4, -0.2) is 48.3 Å². The van der Waals surface area contributed by atoms with E-state index >= 15 is 0 Å². The van der Waals surface area contributed by atoms with Gasteiger partial charge in [0.25, 0.3) is 0 Å². The van der Waals surface area contributed by atoms with E-state index in [0.29, 0.717) is 44.8 Å². The van der Waals surface area contributed by atoms with Crippen molar-refractivity contribution in [2.24, 2.45) is 0 Å². The fourth-order valence-electron chi connectivity index (χ4n) is 3.25. The molecule has 1 aliphatic rings. The van der Waals surface area contributed by atoms with Crippen molar-refractivity contribution < 1.29 is 14.3 Å². The molecule has 1 saturated heterocycles. The standard InChI is InChI=1S/C20H29ClN2O3/c1-15-5-3-6-16(2)20(15)26-14-4-7-18(24)22-17-9-12-23(13-10-17)19(25)8-11-21/h3,5-6,17H,4,7-14H2,1-2H3,(H,22,24). The van der Waals surface area contributed by atoms with Crippen molar-refractivity contribution in [2.75, 3.05) is 25.6 Å². The minimum Gasteiger partial charge on any atom is -0.493 e. The number of benzene rings is 1. The van der Waals surface area contributed by atoms with Crippen LogP contribution in [0, 0.1) is 13.8 Å². The molecule has 0 bridgehead atoms. The number of alkyl halides is 1. The number of ether oxygens (including phenoxy) is 1. The van der Waals surface area contributed by atoms with Gasteiger partial charge in [0.05, 0.1) is 6.61 Å². The maximum absolute atomic E-state index is 12.1. The summed E-state index contributed by atoms with van der Waals surface area (Å²) in [4.78, 5) is 25.8. The summed E-state index contributed by atoms with van der Waals surface area (Å²) in [5.74, 6) is 1.44. The number of nitrogens with one attached hydrogen (secondary N) is 1. The van der Waals surface area contributed by atoms with Gasteiger partial charge in [-0.2, -0.15) is 0 Å². The highest BCUT2D eigenvalue weighted by atomic mass is 35.5. The van der Waals surface area contributed by atoms with Gasteiger partial charge in [0.2, 0.25) is 11.8 Å². The summed E-state index contributed by atoms with van der Waals surface area (Å²) in [6, 6.07) is 6.22. The molecule has 1 heterocycles. The number of piperidine rings is 1. The van der Waals surface area contributed by atoms with Crippen LogP contribution in [0.2, 0.25) is 0 Å². The molecule has 1 aromatic carbocycles. The number of hydrogen-bond donors (Lipinski definition) is 1. The zero-order valence-corrected chi connectivity index (χ0v) is 16.5. The van der Waals surface area contributed by atoms with E-state index in [-0.39, 0.29) is 17.9 Å². The van der Waals surface area contributed by atoms with E-state index in [1.165, 1.54) is 0 Å². The van der Waals surface area contributed by atoms with Crippen molar-refractivity contribution in [1.82, 2.24) is 10.2 Å². The Labute approximate surface area is 161 Å². The number of aryl methyl sites for hydroxylation is 2. The molecule has 1 fully saturated rings. The van der Waals surface area contributed by atoms with Crippen molar-refractivity contribution in [2.45, 2.75) is 52.0 Å². The molecule has 1 N–H and O–H groups in total. The van der Waals surface area contributed by atoms with Gasteiger partial charge in [-0.25, -0.2) is 0 Å². The Morgan fingerprint density at radius 3 is 2.46 bits per heavy atom. The summed E-state index contributed by atoms with van der Waals surface area (Å²) in [5.41, 5.74) is 2.23. The number of nitrogens with zero attached hydrogens (tertiary/aromatic N) is 1. The smallest absolute Gasteiger partial charge is 0.223 e. The molecule has 6 heteroatoms. The van der Waals surface area contributed by atoms with Crippen molar-refractivity contribution in [3.8, 4) is 5.75 Å². The van der Waals surface area contributed by atoms with E-state index in [9.17, 15) is 9.59 Å². The lowest BCUT2D eigenvalue weighted by Gasteiger charge is -2.32. The zero-order chi connectivity index (χ0) is 18.9. The molecule has 2 amide bonds. The fourth-order valence-corrected chi connectivity index (χ4v) is 3.41. The van der Waals surface area contributed by atoms with E-state index in [0.717, 1.165) is 29.7 Å². The largest absolute Gasteiger partial charge is 0.493 e. The highest BCUT2D eigenvalue weighted by Gasteiger charge is 2.23. The topological polar surface area (TPSA) is 58.6 Å². The Morgan fingerprint density at radius 1 is 1.19 bits per heavy atom. The Morgan fingerprint density at radius 2 is 1.85 bits per heavy atom. The predicted molar refractivity (Wildman–Crippen MR) is 104 cm³/mol. The molecular weight excluding hydrogens is 352 g/mol. The molecule has 2 rings (SSSR count). The second kappa shape index (κ2) is 10.4. The third-order valence-electron chi connectivity index (χ3n) is 4.72. The first kappa shape index (κ1) is 20.6. The molecule has 0 atom stereocenters. The molecule has 144 valence electrons. The Bertz CT molecular complexity index is 593. The fraction of sp³-hybridized carbons (Fsp3) is 0.600. The van der Waals surface area contributed by atoms with Crippen LogP contribution in [0.5, 0.6) is 5.75 Å². The van der Waals surface area contributed by atoms with Crippen molar-refractivity contribution in [3.05, 3.63) is 29.3 Å². The molecule has 0 aromatic heterocycles. The van der Waals surface area contributed by atoms with Crippen LogP contribution in [0.3, 0.4) is 0 Å². The van der Waals surface area contributed by atoms with Crippen molar-refractivity contribution >= 4 is 23.4 Å². The van der Waals surface area contributed by atoms with Crippen LogP contribution in [0.25, 0.3) is 0 Å². The first-order chi connectivity index (χ1) is 12.5. The lowest BCUT2D eigenvalue weighted by atomic mass is 10.0. The summed E-state index contributed by atoms with van der Waals surface area (Å²) in [6.07, 6.45) is 3.14. The molecule has 1 aromatic rings. The number of rotatable bonds is 8. The average molecular weight is 381 g/mol. The molecule has 5 nitrogen and oxygen atoms in total. The zero-order valence-electron chi connectivity index (χ0n) is 15.7. The highest BCUT2D eigenvalue weighted by Crippen LogP contribution is 2.22. The number of carbonyl (C=O) groups excluding carboxylic acids is 2. The van der Waals surface area contributed by atoms with E-state index in [4.69, 9.17) is 16.3 Å². The molecular formula is C20H29ClN2O3. The van der Waals surface area contributed by atoms with Crippen LogP contribution in [-0.2, 0) is 9.59 Å². The Hall–Kier alpha value is -1.75. The van der Waals surface area contributed by atoms with Gasteiger partial charge in [-0.3, -0.25) is 9.59 Å². The van der Waals surface area contributed by atoms with Crippen LogP contribution in [0.15, 0.2) is 18.2 Å². The van der Waals surface area contributed by atoms with Crippen molar-refractivity contribution in [1.29, 1.82) is 0 Å². The second-order valence-corrected chi connectivity index (χ2v) is 7.21. The van der Waals surface area contributed by atoms with E-state index in [2.05, 4.69) is 5.32 Å². The van der Waals surface area contributed by atoms with Gasteiger partial charge in [-0.1, -0.05) is 18.2 Å².